The van der Waals surface area contributed by atoms with E-state index in [9.17, 15) is 9.59 Å². The summed E-state index contributed by atoms with van der Waals surface area (Å²) in [5.41, 5.74) is 7.46. The number of methoxy groups -OCH3 is 1. The number of esters is 1. The molecule has 0 radical (unpaired) electrons. The fraction of sp³-hybridized carbons (Fsp3) is 0.200. The number of carbonyl (C=O) groups is 2. The molecule has 5 aromatic rings. The molecule has 0 fully saturated rings. The van der Waals surface area contributed by atoms with Crippen LogP contribution in [0, 0.1) is 20.8 Å². The van der Waals surface area contributed by atoms with E-state index in [4.69, 9.17) is 4.74 Å². The molecule has 10 heteroatoms. The number of aromatic nitrogens is 3. The van der Waals surface area contributed by atoms with Gasteiger partial charge >= 0.3 is 5.97 Å². The molecule has 3 heterocycles. The van der Waals surface area contributed by atoms with Gasteiger partial charge in [0.15, 0.2) is 11.0 Å². The standard InChI is InChI=1S/C30H28N4O3S3/c1-17-11-12-18(2)21(13-17)22-14-39-28(26(22)29(36)37-5)31-24(35)16-40-30-33-32-27(34(30)4)23-15-38-19(3)25(23)20-9-7-6-8-10-20/h6-15H,16H2,1-5H3,(H,31,35). The van der Waals surface area contributed by atoms with Crippen LogP contribution in [0.2, 0.25) is 0 Å². The Morgan fingerprint density at radius 2 is 1.73 bits per heavy atom. The minimum absolute atomic E-state index is 0.109. The first kappa shape index (κ1) is 27.8. The molecule has 40 heavy (non-hydrogen) atoms. The summed E-state index contributed by atoms with van der Waals surface area (Å²) in [7, 11) is 3.25. The fourth-order valence-corrected chi connectivity index (χ4v) is 7.07. The highest BCUT2D eigenvalue weighted by Gasteiger charge is 2.24. The second-order valence-electron chi connectivity index (χ2n) is 9.31. The van der Waals surface area contributed by atoms with Crippen molar-refractivity contribution in [2.24, 2.45) is 7.05 Å². The summed E-state index contributed by atoms with van der Waals surface area (Å²) in [5, 5.41) is 16.8. The second-order valence-corrected chi connectivity index (χ2v) is 12.2. The van der Waals surface area contributed by atoms with Crippen molar-refractivity contribution in [2.75, 3.05) is 18.2 Å². The number of rotatable bonds is 8. The number of nitrogens with one attached hydrogen (secondary N) is 1. The Bertz CT molecular complexity index is 1700. The van der Waals surface area contributed by atoms with Gasteiger partial charge in [0.1, 0.15) is 10.6 Å². The monoisotopic (exact) mass is 588 g/mol. The molecule has 1 N–H and O–H groups in total. The number of thioether (sulfide) groups is 1. The number of anilines is 1. The third-order valence-corrected chi connectivity index (χ3v) is 9.39. The van der Waals surface area contributed by atoms with Gasteiger partial charge < -0.3 is 14.6 Å². The summed E-state index contributed by atoms with van der Waals surface area (Å²) in [6.45, 7) is 6.11. The molecule has 0 bridgehead atoms. The maximum Gasteiger partial charge on any atom is 0.341 e. The number of hydrogen-bond acceptors (Lipinski definition) is 8. The quantitative estimate of drug-likeness (QED) is 0.150. The van der Waals surface area contributed by atoms with Crippen LogP contribution in [0.25, 0.3) is 33.6 Å². The van der Waals surface area contributed by atoms with Crippen LogP contribution in [0.1, 0.15) is 26.4 Å². The van der Waals surface area contributed by atoms with Crippen LogP contribution < -0.4 is 5.32 Å². The Morgan fingerprint density at radius 3 is 2.48 bits per heavy atom. The van der Waals surface area contributed by atoms with Crippen LogP contribution in [0.4, 0.5) is 5.00 Å². The molecule has 0 saturated carbocycles. The van der Waals surface area contributed by atoms with E-state index >= 15 is 0 Å². The lowest BCUT2D eigenvalue weighted by atomic mass is 9.97. The van der Waals surface area contributed by atoms with E-state index < -0.39 is 5.97 Å². The predicted molar refractivity (Wildman–Crippen MR) is 164 cm³/mol. The molecular formula is C30H28N4O3S3. The van der Waals surface area contributed by atoms with E-state index in [1.165, 1.54) is 35.1 Å². The lowest BCUT2D eigenvalue weighted by molar-refractivity contribution is -0.113. The molecule has 7 nitrogen and oxygen atoms in total. The summed E-state index contributed by atoms with van der Waals surface area (Å²) < 4.78 is 6.98. The van der Waals surface area contributed by atoms with E-state index in [1.54, 1.807) is 11.3 Å². The lowest BCUT2D eigenvalue weighted by Crippen LogP contribution is -2.16. The van der Waals surface area contributed by atoms with Crippen LogP contribution in [-0.2, 0) is 16.6 Å². The smallest absolute Gasteiger partial charge is 0.341 e. The summed E-state index contributed by atoms with van der Waals surface area (Å²) in [6.07, 6.45) is 0. The Kier molecular flexibility index (Phi) is 8.20. The van der Waals surface area contributed by atoms with Crippen molar-refractivity contribution in [3.8, 4) is 33.6 Å². The number of hydrogen-bond donors (Lipinski definition) is 1. The molecule has 0 saturated heterocycles. The van der Waals surface area contributed by atoms with Gasteiger partial charge in [-0.05, 0) is 37.5 Å². The van der Waals surface area contributed by atoms with E-state index in [-0.39, 0.29) is 11.7 Å². The van der Waals surface area contributed by atoms with Crippen molar-refractivity contribution < 1.29 is 14.3 Å². The molecule has 0 aliphatic carbocycles. The first-order valence-corrected chi connectivity index (χ1v) is 15.3. The molecule has 1 amide bonds. The number of amides is 1. The Labute approximate surface area is 245 Å². The third-order valence-electron chi connectivity index (χ3n) is 6.56. The van der Waals surface area contributed by atoms with Crippen LogP contribution in [0.5, 0.6) is 0 Å². The van der Waals surface area contributed by atoms with Crippen molar-refractivity contribution in [1.29, 1.82) is 0 Å². The summed E-state index contributed by atoms with van der Waals surface area (Å²) in [4.78, 5) is 27.0. The lowest BCUT2D eigenvalue weighted by Gasteiger charge is -2.10. The van der Waals surface area contributed by atoms with E-state index in [1.807, 2.05) is 67.2 Å². The van der Waals surface area contributed by atoms with E-state index in [2.05, 4.69) is 40.0 Å². The number of nitrogens with zero attached hydrogens (tertiary/aromatic N) is 3. The summed E-state index contributed by atoms with van der Waals surface area (Å²) in [5.74, 6) is 0.122. The second kappa shape index (κ2) is 11.8. The molecule has 0 aliphatic rings. The Morgan fingerprint density at radius 1 is 0.975 bits per heavy atom. The highest BCUT2D eigenvalue weighted by molar-refractivity contribution is 7.99. The SMILES string of the molecule is COC(=O)c1c(-c2cc(C)ccc2C)csc1NC(=O)CSc1nnc(-c2csc(C)c2-c2ccccc2)n1C. The van der Waals surface area contributed by atoms with Gasteiger partial charge in [0.25, 0.3) is 0 Å². The van der Waals surface area contributed by atoms with Crippen molar-refractivity contribution >= 4 is 51.3 Å². The zero-order valence-electron chi connectivity index (χ0n) is 22.8. The zero-order valence-corrected chi connectivity index (χ0v) is 25.2. The van der Waals surface area contributed by atoms with E-state index in [0.717, 1.165) is 44.8 Å². The van der Waals surface area contributed by atoms with Gasteiger partial charge in [0.2, 0.25) is 5.91 Å². The highest BCUT2D eigenvalue weighted by Crippen LogP contribution is 2.40. The van der Waals surface area contributed by atoms with Gasteiger partial charge in [0.05, 0.1) is 12.9 Å². The van der Waals surface area contributed by atoms with Crippen LogP contribution in [0.15, 0.2) is 64.4 Å². The maximum absolute atomic E-state index is 13.0. The molecule has 0 spiro atoms. The van der Waals surface area contributed by atoms with Gasteiger partial charge in [-0.3, -0.25) is 4.79 Å². The largest absolute Gasteiger partial charge is 0.465 e. The number of benzene rings is 2. The van der Waals surface area contributed by atoms with Gasteiger partial charge in [-0.1, -0.05) is 65.9 Å². The molecular weight excluding hydrogens is 561 g/mol. The fourth-order valence-electron chi connectivity index (χ4n) is 4.53. The Hall–Kier alpha value is -3.73. The molecule has 2 aromatic carbocycles. The first-order valence-electron chi connectivity index (χ1n) is 12.5. The van der Waals surface area contributed by atoms with Crippen molar-refractivity contribution in [3.05, 3.63) is 80.9 Å². The number of carbonyl (C=O) groups excluding carboxylic acids is 2. The number of ether oxygens (including phenoxy) is 1. The van der Waals surface area contributed by atoms with Gasteiger partial charge in [0, 0.05) is 39.4 Å². The average molecular weight is 589 g/mol. The summed E-state index contributed by atoms with van der Waals surface area (Å²) in [6, 6.07) is 16.3. The average Bonchev–Trinajstić information content (AvgIpc) is 3.65. The Balaban J connectivity index is 1.34. The van der Waals surface area contributed by atoms with Crippen LogP contribution in [-0.4, -0.2) is 39.5 Å². The third kappa shape index (κ3) is 5.47. The molecule has 204 valence electrons. The normalized spacial score (nSPS) is 11.0. The summed E-state index contributed by atoms with van der Waals surface area (Å²) >= 11 is 4.28. The van der Waals surface area contributed by atoms with Crippen LogP contribution >= 0.6 is 34.4 Å². The van der Waals surface area contributed by atoms with Crippen molar-refractivity contribution in [2.45, 2.75) is 25.9 Å². The molecule has 0 unspecified atom stereocenters. The topological polar surface area (TPSA) is 86.1 Å². The number of thiophene rings is 2. The van der Waals surface area contributed by atoms with Gasteiger partial charge in [-0.25, -0.2) is 4.79 Å². The zero-order chi connectivity index (χ0) is 28.4. The molecule has 5 rings (SSSR count). The highest BCUT2D eigenvalue weighted by atomic mass is 32.2. The molecule has 0 atom stereocenters. The molecule has 0 aliphatic heterocycles. The molecule has 3 aromatic heterocycles. The first-order chi connectivity index (χ1) is 19.3. The maximum atomic E-state index is 13.0. The predicted octanol–water partition coefficient (Wildman–Crippen LogP) is 7.38. The van der Waals surface area contributed by atoms with Crippen molar-refractivity contribution in [3.63, 3.8) is 0 Å². The van der Waals surface area contributed by atoms with E-state index in [0.29, 0.717) is 15.7 Å². The number of aryl methyl sites for hydroxylation is 3. The van der Waals surface area contributed by atoms with Gasteiger partial charge in [-0.2, -0.15) is 0 Å². The minimum atomic E-state index is -0.488. The minimum Gasteiger partial charge on any atom is -0.465 e. The van der Waals surface area contributed by atoms with Crippen molar-refractivity contribution in [1.82, 2.24) is 14.8 Å². The van der Waals surface area contributed by atoms with Gasteiger partial charge in [-0.15, -0.1) is 32.9 Å². The van der Waals surface area contributed by atoms with Crippen LogP contribution in [0.3, 0.4) is 0 Å².